The molecule has 2 heterocycles. The zero-order valence-electron chi connectivity index (χ0n) is 9.05. The van der Waals surface area contributed by atoms with Crippen molar-refractivity contribution in [1.29, 1.82) is 0 Å². The number of furan rings is 1. The highest BCUT2D eigenvalue weighted by Crippen LogP contribution is 2.17. The Morgan fingerprint density at radius 2 is 2.47 bits per heavy atom. The first-order chi connectivity index (χ1) is 8.24. The third-order valence-corrected chi connectivity index (χ3v) is 3.02. The molecule has 5 nitrogen and oxygen atoms in total. The zero-order chi connectivity index (χ0) is 12.1. The molecule has 17 heavy (non-hydrogen) atoms. The standard InChI is InChI=1S/C11H12N2O3S/c14-10(15)2-1-9-7-17-11(13-9)12-5-8-3-4-16-6-8/h3-4,6-7H,1-2,5H2,(H,12,13)(H,14,15). The normalized spacial score (nSPS) is 10.4. The van der Waals surface area contributed by atoms with Crippen molar-refractivity contribution in [3.8, 4) is 0 Å². The SMILES string of the molecule is O=C(O)CCc1csc(NCc2ccoc2)n1. The minimum Gasteiger partial charge on any atom is -0.481 e. The first-order valence-electron chi connectivity index (χ1n) is 5.15. The van der Waals surface area contributed by atoms with Gasteiger partial charge in [-0.2, -0.15) is 0 Å². The largest absolute Gasteiger partial charge is 0.481 e. The molecule has 0 unspecified atom stereocenters. The number of thiazole rings is 1. The third kappa shape index (κ3) is 3.60. The Kier molecular flexibility index (Phi) is 3.77. The number of anilines is 1. The lowest BCUT2D eigenvalue weighted by Crippen LogP contribution is -1.99. The first kappa shape index (κ1) is 11.7. The van der Waals surface area contributed by atoms with Crippen LogP contribution in [0.2, 0.25) is 0 Å². The van der Waals surface area contributed by atoms with Gasteiger partial charge in [0.25, 0.3) is 0 Å². The van der Waals surface area contributed by atoms with Gasteiger partial charge in [0, 0.05) is 23.9 Å². The fourth-order valence-corrected chi connectivity index (χ4v) is 2.05. The second kappa shape index (κ2) is 5.49. The number of hydrogen-bond acceptors (Lipinski definition) is 5. The molecule has 0 amide bonds. The average Bonchev–Trinajstić information content (AvgIpc) is 2.95. The quantitative estimate of drug-likeness (QED) is 0.825. The first-order valence-corrected chi connectivity index (χ1v) is 6.03. The van der Waals surface area contributed by atoms with Crippen molar-refractivity contribution < 1.29 is 14.3 Å². The van der Waals surface area contributed by atoms with Crippen molar-refractivity contribution in [2.45, 2.75) is 19.4 Å². The molecule has 6 heteroatoms. The average molecular weight is 252 g/mol. The summed E-state index contributed by atoms with van der Waals surface area (Å²) in [6.07, 6.45) is 3.88. The van der Waals surface area contributed by atoms with Crippen molar-refractivity contribution in [3.05, 3.63) is 35.2 Å². The maximum atomic E-state index is 10.4. The van der Waals surface area contributed by atoms with Crippen molar-refractivity contribution in [2.24, 2.45) is 0 Å². The van der Waals surface area contributed by atoms with Crippen LogP contribution in [0.1, 0.15) is 17.7 Å². The van der Waals surface area contributed by atoms with Gasteiger partial charge < -0.3 is 14.8 Å². The number of nitrogens with zero attached hydrogens (tertiary/aromatic N) is 1. The fourth-order valence-electron chi connectivity index (χ4n) is 1.31. The number of aryl methyl sites for hydroxylation is 1. The number of aromatic nitrogens is 1. The molecule has 2 aromatic heterocycles. The minimum atomic E-state index is -0.800. The van der Waals surface area contributed by atoms with Crippen LogP contribution < -0.4 is 5.32 Å². The van der Waals surface area contributed by atoms with E-state index in [1.54, 1.807) is 12.5 Å². The lowest BCUT2D eigenvalue weighted by molar-refractivity contribution is -0.136. The van der Waals surface area contributed by atoms with Gasteiger partial charge in [-0.15, -0.1) is 11.3 Å². The van der Waals surface area contributed by atoms with E-state index in [0.29, 0.717) is 13.0 Å². The lowest BCUT2D eigenvalue weighted by Gasteiger charge is -1.98. The van der Waals surface area contributed by atoms with Crippen LogP contribution in [0.25, 0.3) is 0 Å². The lowest BCUT2D eigenvalue weighted by atomic mass is 10.2. The van der Waals surface area contributed by atoms with Gasteiger partial charge in [0.2, 0.25) is 0 Å². The molecule has 0 aliphatic heterocycles. The van der Waals surface area contributed by atoms with E-state index in [2.05, 4.69) is 10.3 Å². The Balaban J connectivity index is 1.83. The van der Waals surface area contributed by atoms with Crippen LogP contribution in [0.4, 0.5) is 5.13 Å². The summed E-state index contributed by atoms with van der Waals surface area (Å²) < 4.78 is 4.95. The summed E-state index contributed by atoms with van der Waals surface area (Å²) >= 11 is 1.48. The van der Waals surface area contributed by atoms with Crippen LogP contribution in [0.3, 0.4) is 0 Å². The highest BCUT2D eigenvalue weighted by atomic mass is 32.1. The number of nitrogens with one attached hydrogen (secondary N) is 1. The van der Waals surface area contributed by atoms with Crippen LogP contribution in [-0.2, 0) is 17.8 Å². The number of carboxylic acids is 1. The highest BCUT2D eigenvalue weighted by molar-refractivity contribution is 7.13. The Bertz CT molecular complexity index is 479. The van der Waals surface area contributed by atoms with E-state index < -0.39 is 5.97 Å². The van der Waals surface area contributed by atoms with Gasteiger partial charge in [0.05, 0.1) is 24.6 Å². The summed E-state index contributed by atoms with van der Waals surface area (Å²) in [6.45, 7) is 0.655. The second-order valence-electron chi connectivity index (χ2n) is 3.52. The number of aliphatic carboxylic acids is 1. The minimum absolute atomic E-state index is 0.116. The Hall–Kier alpha value is -1.82. The van der Waals surface area contributed by atoms with E-state index in [0.717, 1.165) is 16.4 Å². The summed E-state index contributed by atoms with van der Waals surface area (Å²) in [5.41, 5.74) is 1.86. The molecule has 2 N–H and O–H groups in total. The van der Waals surface area contributed by atoms with Crippen molar-refractivity contribution in [3.63, 3.8) is 0 Å². The van der Waals surface area contributed by atoms with Gasteiger partial charge in [-0.05, 0) is 6.07 Å². The van der Waals surface area contributed by atoms with Crippen LogP contribution in [0.15, 0.2) is 28.4 Å². The zero-order valence-corrected chi connectivity index (χ0v) is 9.87. The number of hydrogen-bond donors (Lipinski definition) is 2. The predicted octanol–water partition coefficient (Wildman–Crippen LogP) is 2.37. The number of carboxylic acid groups (broad SMARTS) is 1. The van der Waals surface area contributed by atoms with Crippen LogP contribution in [0.5, 0.6) is 0 Å². The maximum absolute atomic E-state index is 10.4. The molecule has 0 fully saturated rings. The van der Waals surface area contributed by atoms with Gasteiger partial charge in [0.15, 0.2) is 5.13 Å². The molecule has 0 aliphatic carbocycles. The van der Waals surface area contributed by atoms with Crippen molar-refractivity contribution >= 4 is 22.4 Å². The molecule has 0 atom stereocenters. The molecule has 0 aromatic carbocycles. The summed E-state index contributed by atoms with van der Waals surface area (Å²) in [5, 5.41) is 14.4. The topological polar surface area (TPSA) is 75.4 Å². The molecule has 90 valence electrons. The maximum Gasteiger partial charge on any atom is 0.303 e. The molecule has 0 spiro atoms. The molecule has 2 rings (SSSR count). The van der Waals surface area contributed by atoms with Gasteiger partial charge in [-0.1, -0.05) is 0 Å². The van der Waals surface area contributed by atoms with Gasteiger partial charge in [-0.3, -0.25) is 4.79 Å². The van der Waals surface area contributed by atoms with E-state index in [1.165, 1.54) is 11.3 Å². The Labute approximate surface area is 102 Å². The molecule has 0 radical (unpaired) electrons. The molecular formula is C11H12N2O3S. The third-order valence-electron chi connectivity index (χ3n) is 2.17. The predicted molar refractivity (Wildman–Crippen MR) is 64.1 cm³/mol. The van der Waals surface area contributed by atoms with Crippen molar-refractivity contribution in [2.75, 3.05) is 5.32 Å². The van der Waals surface area contributed by atoms with Gasteiger partial charge in [-0.25, -0.2) is 4.98 Å². The molecule has 0 saturated carbocycles. The van der Waals surface area contributed by atoms with Gasteiger partial charge in [0.1, 0.15) is 0 Å². The van der Waals surface area contributed by atoms with Crippen molar-refractivity contribution in [1.82, 2.24) is 4.98 Å². The molecular weight excluding hydrogens is 240 g/mol. The monoisotopic (exact) mass is 252 g/mol. The number of carbonyl (C=O) groups is 1. The number of rotatable bonds is 6. The van der Waals surface area contributed by atoms with Crippen LogP contribution >= 0.6 is 11.3 Å². The van der Waals surface area contributed by atoms with E-state index >= 15 is 0 Å². The fraction of sp³-hybridized carbons (Fsp3) is 0.273. The molecule has 0 bridgehead atoms. The summed E-state index contributed by atoms with van der Waals surface area (Å²) in [7, 11) is 0. The summed E-state index contributed by atoms with van der Waals surface area (Å²) in [5.74, 6) is -0.800. The Morgan fingerprint density at radius 1 is 1.59 bits per heavy atom. The van der Waals surface area contributed by atoms with Gasteiger partial charge >= 0.3 is 5.97 Å². The van der Waals surface area contributed by atoms with E-state index in [1.807, 2.05) is 11.4 Å². The smallest absolute Gasteiger partial charge is 0.303 e. The molecule has 0 aliphatic rings. The van der Waals surface area contributed by atoms with E-state index in [4.69, 9.17) is 9.52 Å². The van der Waals surface area contributed by atoms with Crippen LogP contribution in [0, 0.1) is 0 Å². The highest BCUT2D eigenvalue weighted by Gasteiger charge is 2.04. The summed E-state index contributed by atoms with van der Waals surface area (Å²) in [6, 6.07) is 1.88. The van der Waals surface area contributed by atoms with E-state index in [9.17, 15) is 4.79 Å². The summed E-state index contributed by atoms with van der Waals surface area (Å²) in [4.78, 5) is 14.7. The van der Waals surface area contributed by atoms with Crippen LogP contribution in [-0.4, -0.2) is 16.1 Å². The second-order valence-corrected chi connectivity index (χ2v) is 4.38. The Morgan fingerprint density at radius 3 is 3.18 bits per heavy atom. The molecule has 0 saturated heterocycles. The van der Waals surface area contributed by atoms with E-state index in [-0.39, 0.29) is 6.42 Å². The molecule has 2 aromatic rings.